The molecule has 0 spiro atoms. The Labute approximate surface area is 153 Å². The first-order chi connectivity index (χ1) is 12.6. The maximum atomic E-state index is 9.44. The molecule has 0 fully saturated rings. The minimum absolute atomic E-state index is 0.389. The van der Waals surface area contributed by atoms with Gasteiger partial charge in [-0.3, -0.25) is 0 Å². The first-order valence-corrected chi connectivity index (χ1v) is 8.79. The van der Waals surface area contributed by atoms with Crippen LogP contribution in [0.4, 0.5) is 11.4 Å². The van der Waals surface area contributed by atoms with Crippen molar-refractivity contribution in [3.63, 3.8) is 0 Å². The van der Waals surface area contributed by atoms with Gasteiger partial charge in [-0.05, 0) is 29.7 Å². The van der Waals surface area contributed by atoms with E-state index in [2.05, 4.69) is 44.2 Å². The summed E-state index contributed by atoms with van der Waals surface area (Å²) in [6.45, 7) is 4.36. The van der Waals surface area contributed by atoms with Crippen LogP contribution in [0.15, 0.2) is 65.1 Å². The molecule has 4 rings (SSSR count). The molecule has 0 aliphatic carbocycles. The summed E-state index contributed by atoms with van der Waals surface area (Å²) < 4.78 is 6.37. The maximum absolute atomic E-state index is 9.44. The Balaban J connectivity index is 1.98. The Bertz CT molecular complexity index is 1150. The van der Waals surface area contributed by atoms with Crippen LogP contribution >= 0.6 is 0 Å². The largest absolute Gasteiger partial charge is 0.454 e. The summed E-state index contributed by atoms with van der Waals surface area (Å²) in [5, 5.41) is 11.7. The number of hydrogen-bond acceptors (Lipinski definition) is 3. The zero-order chi connectivity index (χ0) is 18.3. The van der Waals surface area contributed by atoms with Crippen LogP contribution in [0.1, 0.15) is 30.9 Å². The quantitative estimate of drug-likeness (QED) is 0.436. The number of rotatable bonds is 3. The zero-order valence-corrected chi connectivity index (χ0v) is 15.2. The van der Waals surface area contributed by atoms with E-state index in [-0.39, 0.29) is 0 Å². The van der Waals surface area contributed by atoms with Crippen molar-refractivity contribution >= 4 is 33.3 Å². The van der Waals surface area contributed by atoms with Gasteiger partial charge in [0, 0.05) is 17.8 Å². The first-order valence-electron chi connectivity index (χ1n) is 8.79. The molecular weight excluding hydrogens is 320 g/mol. The van der Waals surface area contributed by atoms with Crippen LogP contribution in [0.2, 0.25) is 0 Å². The highest BCUT2D eigenvalue weighted by atomic mass is 16.3. The Morgan fingerprint density at radius 3 is 2.23 bits per heavy atom. The van der Waals surface area contributed by atoms with Crippen LogP contribution in [0.3, 0.4) is 0 Å². The smallest absolute Gasteiger partial charge is 0.159 e. The standard InChI is InChI=1S/C23H20N2O/c1-15(2)17-9-6-10-18-19-11-7-13-21(23(19)26-22(17)18)25(3)20-12-5-4-8-16(20)14-24/h4-13,15H,1-3H3. The lowest BCUT2D eigenvalue weighted by atomic mass is 10.0. The summed E-state index contributed by atoms with van der Waals surface area (Å²) in [7, 11) is 1.97. The molecule has 128 valence electrons. The third-order valence-electron chi connectivity index (χ3n) is 4.90. The summed E-state index contributed by atoms with van der Waals surface area (Å²) in [6.07, 6.45) is 0. The van der Waals surface area contributed by atoms with E-state index in [1.54, 1.807) is 0 Å². The number of benzene rings is 3. The van der Waals surface area contributed by atoms with Gasteiger partial charge in [0.2, 0.25) is 0 Å². The second-order valence-electron chi connectivity index (χ2n) is 6.82. The molecule has 1 aromatic heterocycles. The van der Waals surface area contributed by atoms with Gasteiger partial charge in [0.1, 0.15) is 11.7 Å². The fourth-order valence-electron chi connectivity index (χ4n) is 3.54. The van der Waals surface area contributed by atoms with Gasteiger partial charge < -0.3 is 9.32 Å². The molecule has 0 N–H and O–H groups in total. The average Bonchev–Trinajstić information content (AvgIpc) is 3.06. The third kappa shape index (κ3) is 2.43. The van der Waals surface area contributed by atoms with Crippen molar-refractivity contribution in [3.05, 3.63) is 71.8 Å². The molecule has 26 heavy (non-hydrogen) atoms. The lowest BCUT2D eigenvalue weighted by molar-refractivity contribution is 0.657. The van der Waals surface area contributed by atoms with Crippen LogP contribution in [-0.2, 0) is 0 Å². The minimum atomic E-state index is 0.389. The summed E-state index contributed by atoms with van der Waals surface area (Å²) in [5.41, 5.74) is 5.48. The highest BCUT2D eigenvalue weighted by Gasteiger charge is 2.18. The Morgan fingerprint density at radius 1 is 0.846 bits per heavy atom. The fourth-order valence-corrected chi connectivity index (χ4v) is 3.54. The van der Waals surface area contributed by atoms with Gasteiger partial charge in [-0.15, -0.1) is 0 Å². The summed E-state index contributed by atoms with van der Waals surface area (Å²) in [4.78, 5) is 2.03. The summed E-state index contributed by atoms with van der Waals surface area (Å²) in [5.74, 6) is 0.389. The summed E-state index contributed by atoms with van der Waals surface area (Å²) in [6, 6.07) is 22.4. The van der Waals surface area contributed by atoms with Gasteiger partial charge in [-0.1, -0.05) is 56.3 Å². The predicted octanol–water partition coefficient (Wildman–Crippen LogP) is 6.35. The maximum Gasteiger partial charge on any atom is 0.159 e. The van der Waals surface area contributed by atoms with Crippen LogP contribution in [0.5, 0.6) is 0 Å². The molecule has 0 radical (unpaired) electrons. The molecule has 4 aromatic rings. The molecule has 0 aliphatic heterocycles. The molecule has 3 heteroatoms. The number of hydrogen-bond donors (Lipinski definition) is 0. The van der Waals surface area contributed by atoms with E-state index in [1.807, 2.05) is 48.3 Å². The lowest BCUT2D eigenvalue weighted by Crippen LogP contribution is -2.11. The van der Waals surface area contributed by atoms with E-state index < -0.39 is 0 Å². The van der Waals surface area contributed by atoms with Gasteiger partial charge in [0.05, 0.1) is 16.9 Å². The van der Waals surface area contributed by atoms with Crippen molar-refractivity contribution in [1.82, 2.24) is 0 Å². The van der Waals surface area contributed by atoms with E-state index in [0.29, 0.717) is 11.5 Å². The summed E-state index contributed by atoms with van der Waals surface area (Å²) >= 11 is 0. The van der Waals surface area contributed by atoms with Gasteiger partial charge in [0.15, 0.2) is 5.58 Å². The SMILES string of the molecule is CC(C)c1cccc2c1oc1c(N(C)c3ccccc3C#N)cccc12. The molecule has 0 saturated heterocycles. The molecule has 1 heterocycles. The molecule has 0 unspecified atom stereocenters. The first kappa shape index (κ1) is 16.2. The van der Waals surface area contributed by atoms with Crippen LogP contribution in [0.25, 0.3) is 21.9 Å². The van der Waals surface area contributed by atoms with Crippen LogP contribution < -0.4 is 4.90 Å². The Kier molecular flexibility index (Phi) is 3.89. The number of furan rings is 1. The molecule has 0 amide bonds. The topological polar surface area (TPSA) is 40.2 Å². The highest BCUT2D eigenvalue weighted by molar-refractivity contribution is 6.10. The van der Waals surface area contributed by atoms with Crippen LogP contribution in [0, 0.1) is 11.3 Å². The Morgan fingerprint density at radius 2 is 1.50 bits per heavy atom. The number of fused-ring (bicyclic) bond motifs is 3. The minimum Gasteiger partial charge on any atom is -0.454 e. The van der Waals surface area contributed by atoms with Crippen molar-refractivity contribution in [2.45, 2.75) is 19.8 Å². The van der Waals surface area contributed by atoms with Gasteiger partial charge >= 0.3 is 0 Å². The monoisotopic (exact) mass is 340 g/mol. The van der Waals surface area contributed by atoms with Crippen molar-refractivity contribution in [1.29, 1.82) is 5.26 Å². The molecule has 3 nitrogen and oxygen atoms in total. The number of para-hydroxylation sites is 3. The lowest BCUT2D eigenvalue weighted by Gasteiger charge is -2.20. The van der Waals surface area contributed by atoms with Gasteiger partial charge in [-0.2, -0.15) is 5.26 Å². The van der Waals surface area contributed by atoms with Crippen LogP contribution in [-0.4, -0.2) is 7.05 Å². The number of nitriles is 1. The predicted molar refractivity (Wildman–Crippen MR) is 107 cm³/mol. The molecule has 0 aliphatic rings. The van der Waals surface area contributed by atoms with Crippen molar-refractivity contribution in [2.75, 3.05) is 11.9 Å². The van der Waals surface area contributed by atoms with Crippen molar-refractivity contribution < 1.29 is 4.42 Å². The number of anilines is 2. The molecular formula is C23H20N2O. The fraction of sp³-hybridized carbons (Fsp3) is 0.174. The van der Waals surface area contributed by atoms with E-state index in [1.165, 1.54) is 5.56 Å². The molecule has 0 bridgehead atoms. The second-order valence-corrected chi connectivity index (χ2v) is 6.82. The van der Waals surface area contributed by atoms with Crippen molar-refractivity contribution in [3.8, 4) is 6.07 Å². The zero-order valence-electron chi connectivity index (χ0n) is 15.2. The molecule has 0 atom stereocenters. The normalized spacial score (nSPS) is 11.2. The van der Waals surface area contributed by atoms with Gasteiger partial charge in [-0.25, -0.2) is 0 Å². The van der Waals surface area contributed by atoms with Gasteiger partial charge in [0.25, 0.3) is 0 Å². The molecule has 0 saturated carbocycles. The van der Waals surface area contributed by atoms with E-state index >= 15 is 0 Å². The van der Waals surface area contributed by atoms with E-state index in [4.69, 9.17) is 4.42 Å². The van der Waals surface area contributed by atoms with Crippen molar-refractivity contribution in [2.24, 2.45) is 0 Å². The van der Waals surface area contributed by atoms with E-state index in [0.717, 1.165) is 33.3 Å². The third-order valence-corrected chi connectivity index (χ3v) is 4.90. The highest BCUT2D eigenvalue weighted by Crippen LogP contribution is 2.39. The second kappa shape index (κ2) is 6.24. The molecule has 3 aromatic carbocycles. The Hall–Kier alpha value is -3.25. The number of nitrogens with zero attached hydrogens (tertiary/aromatic N) is 2. The average molecular weight is 340 g/mol. The van der Waals surface area contributed by atoms with E-state index in [9.17, 15) is 5.26 Å².